The molecule has 2 aromatic heterocycles. The molecule has 0 atom stereocenters. The van der Waals surface area contributed by atoms with Gasteiger partial charge in [-0.2, -0.15) is 45.6 Å². The van der Waals surface area contributed by atoms with Crippen molar-refractivity contribution in [2.75, 3.05) is 31.1 Å². The van der Waals surface area contributed by atoms with Crippen LogP contribution in [0, 0.1) is 49.9 Å². The van der Waals surface area contributed by atoms with E-state index in [2.05, 4.69) is 84.7 Å². The summed E-state index contributed by atoms with van der Waals surface area (Å²) in [5, 5.41) is 16.5. The molecule has 0 aliphatic carbocycles. The van der Waals surface area contributed by atoms with Crippen LogP contribution in [-0.2, 0) is 39.6 Å². The third kappa shape index (κ3) is 15.1. The molecule has 0 amide bonds. The third-order valence-electron chi connectivity index (χ3n) is 8.40. The minimum Gasteiger partial charge on any atom is -0.744 e. The fourth-order valence-electron chi connectivity index (χ4n) is 5.47. The molecule has 8 N–H and O–H groups in total. The number of hydrogen-bond donors (Lipinski definition) is 6. The summed E-state index contributed by atoms with van der Waals surface area (Å²) in [6, 6.07) is 27.6. The van der Waals surface area contributed by atoms with Crippen LogP contribution in [0.2, 0.25) is 0 Å². The van der Waals surface area contributed by atoms with Crippen LogP contribution in [0.15, 0.2) is 105 Å². The van der Waals surface area contributed by atoms with Crippen molar-refractivity contribution >= 4 is 113 Å². The zero-order valence-corrected chi connectivity index (χ0v) is 43.3. The van der Waals surface area contributed by atoms with Crippen molar-refractivity contribution in [1.29, 1.82) is 0 Å². The van der Waals surface area contributed by atoms with E-state index in [4.69, 9.17) is 36.7 Å². The molecular formula is C40H28N14Na2O10S4. The first-order chi connectivity index (χ1) is 32.3. The average molecular weight is 1040 g/mol. The maximum atomic E-state index is 12.6. The van der Waals surface area contributed by atoms with Gasteiger partial charge in [-0.3, -0.25) is 0 Å². The van der Waals surface area contributed by atoms with Gasteiger partial charge < -0.3 is 30.4 Å². The van der Waals surface area contributed by atoms with E-state index in [1.165, 1.54) is 48.5 Å². The zero-order chi connectivity index (χ0) is 49.2. The standard InChI is InChI=1S/C40H30N14O10S4.2Na/c1-5-53(6-2)39-49-35(43-27-15-19-31(20-16-27)65-64-63-41)47-37(51-39)45-29-13-11-25(33(23-29)67(57,58)59)9-10-26-12-14-30(24-34(26)68(60,61)62)46-38-48-36(50-40(52-38)54(7-3)8-4)44-28-17-21-32(22-18-28)66(42,55)56;;/h1-4,9-24H,41H2,(H2,42,55,56)(H,57,58,59)(H,60,61,62)(H2,43,45,47,49,51)(H2,44,46,48,50,52);;/q;2*+1/p-2. The molecular weight excluding hydrogens is 1010 g/mol. The molecule has 0 unspecified atom stereocenters. The second-order valence-corrected chi connectivity index (χ2v) is 17.9. The van der Waals surface area contributed by atoms with Crippen molar-refractivity contribution in [3.63, 3.8) is 0 Å². The van der Waals surface area contributed by atoms with E-state index in [9.17, 15) is 34.4 Å². The van der Waals surface area contributed by atoms with Gasteiger partial charge in [0.25, 0.3) is 11.9 Å². The third-order valence-corrected chi connectivity index (χ3v) is 11.7. The Morgan fingerprint density at radius 3 is 1.23 bits per heavy atom. The number of nitrogens with zero attached hydrogens (tertiary/aromatic N) is 8. The quantitative estimate of drug-likeness (QED) is 0.00755. The molecule has 6 rings (SSSR count). The van der Waals surface area contributed by atoms with Crippen molar-refractivity contribution in [2.45, 2.75) is 19.6 Å². The Kier molecular flexibility index (Phi) is 19.6. The number of sulfonamides is 1. The Balaban J connectivity index is 0.00000533. The fraction of sp³-hybridized carbons (Fsp3) is 0. The molecule has 70 heavy (non-hydrogen) atoms. The topological polar surface area (TPSA) is 351 Å². The molecule has 0 aliphatic rings. The number of terminal acetylenes is 4. The van der Waals surface area contributed by atoms with Crippen molar-refractivity contribution in [3.05, 3.63) is 96.1 Å². The van der Waals surface area contributed by atoms with E-state index in [1.807, 2.05) is 0 Å². The summed E-state index contributed by atoms with van der Waals surface area (Å²) >= 11 is 0.848. The zero-order valence-electron chi connectivity index (χ0n) is 36.0. The van der Waals surface area contributed by atoms with Crippen LogP contribution in [0.1, 0.15) is 11.1 Å². The van der Waals surface area contributed by atoms with Crippen molar-refractivity contribution < 1.29 is 103 Å². The second-order valence-electron chi connectivity index (χ2n) is 12.8. The number of nitrogens with one attached hydrogen (secondary N) is 4. The Bertz CT molecular complexity index is 3430. The number of hydrogen-bond acceptors (Lipinski definition) is 24. The van der Waals surface area contributed by atoms with Crippen LogP contribution in [0.25, 0.3) is 12.2 Å². The van der Waals surface area contributed by atoms with Crippen LogP contribution >= 0.6 is 12.0 Å². The maximum absolute atomic E-state index is 12.6. The minimum absolute atomic E-state index is 0. The average Bonchev–Trinajstić information content (AvgIpc) is 3.28. The van der Waals surface area contributed by atoms with Crippen LogP contribution in [0.5, 0.6) is 0 Å². The van der Waals surface area contributed by atoms with Gasteiger partial charge >= 0.3 is 59.1 Å². The largest absolute Gasteiger partial charge is 1.00 e. The summed E-state index contributed by atoms with van der Waals surface area (Å²) in [4.78, 5) is 30.0. The van der Waals surface area contributed by atoms with Crippen LogP contribution in [0.4, 0.5) is 58.4 Å². The molecule has 6 aromatic rings. The van der Waals surface area contributed by atoms with Gasteiger partial charge in [0.1, 0.15) is 20.2 Å². The van der Waals surface area contributed by atoms with E-state index in [1.54, 1.807) is 24.3 Å². The first-order valence-electron chi connectivity index (χ1n) is 18.2. The molecule has 0 radical (unpaired) electrons. The molecule has 0 saturated carbocycles. The molecule has 24 nitrogen and oxygen atoms in total. The molecule has 0 bridgehead atoms. The molecule has 0 spiro atoms. The van der Waals surface area contributed by atoms with Gasteiger partial charge in [0.05, 0.1) is 26.7 Å². The Morgan fingerprint density at radius 2 is 0.900 bits per heavy atom. The van der Waals surface area contributed by atoms with Crippen LogP contribution in [-0.4, -0.2) is 64.3 Å². The molecule has 344 valence electrons. The first-order valence-corrected chi connectivity index (χ1v) is 23.3. The van der Waals surface area contributed by atoms with Gasteiger partial charge in [-0.1, -0.05) is 50.0 Å². The van der Waals surface area contributed by atoms with Crippen LogP contribution < -0.4 is 101 Å². The summed E-state index contributed by atoms with van der Waals surface area (Å²) in [5.41, 5.74) is 0.302. The number of benzene rings is 4. The van der Waals surface area contributed by atoms with E-state index in [0.29, 0.717) is 16.3 Å². The van der Waals surface area contributed by atoms with Crippen molar-refractivity contribution in [2.24, 2.45) is 11.0 Å². The maximum Gasteiger partial charge on any atom is 1.00 e. The summed E-state index contributed by atoms with van der Waals surface area (Å²) in [6.07, 6.45) is 24.3. The summed E-state index contributed by atoms with van der Waals surface area (Å²) in [5.74, 6) is 3.74. The van der Waals surface area contributed by atoms with E-state index in [0.717, 1.165) is 46.1 Å². The summed E-state index contributed by atoms with van der Waals surface area (Å²) in [6.45, 7) is 0. The number of nitrogens with two attached hydrogens (primary N) is 2. The van der Waals surface area contributed by atoms with Gasteiger partial charge in [0, 0.05) is 51.8 Å². The van der Waals surface area contributed by atoms with Gasteiger partial charge in [-0.05, 0) is 83.9 Å². The minimum atomic E-state index is -5.24. The predicted octanol–water partition coefficient (Wildman–Crippen LogP) is -2.53. The first kappa shape index (κ1) is 56.2. The van der Waals surface area contributed by atoms with E-state index >= 15 is 0 Å². The van der Waals surface area contributed by atoms with Crippen molar-refractivity contribution in [1.82, 2.24) is 29.9 Å². The van der Waals surface area contributed by atoms with Crippen molar-refractivity contribution in [3.8, 4) is 49.9 Å². The second kappa shape index (κ2) is 24.5. The van der Waals surface area contributed by atoms with Crippen LogP contribution in [0.3, 0.4) is 0 Å². The Labute approximate surface area is 449 Å². The molecule has 0 fully saturated rings. The molecule has 4 aromatic carbocycles. The number of rotatable bonds is 18. The Hall–Kier alpha value is -6.36. The fourth-order valence-corrected chi connectivity index (χ4v) is 7.74. The van der Waals surface area contributed by atoms with E-state index < -0.39 is 40.1 Å². The summed E-state index contributed by atoms with van der Waals surface area (Å²) < 4.78 is 104. The molecule has 30 heteroatoms. The van der Waals surface area contributed by atoms with Gasteiger partial charge in [-0.25, -0.2) is 30.4 Å². The predicted molar refractivity (Wildman–Crippen MR) is 247 cm³/mol. The molecule has 0 aliphatic heterocycles. The Morgan fingerprint density at radius 1 is 0.557 bits per heavy atom. The SMILES string of the molecule is C#CN(C#C)c1nc(Nc2ccc(SOON)cc2)nc(Nc2ccc(C=Cc3ccc(Nc4nc(Nc5ccc(S(N)(=O)=O)cc5)nc(N(C#C)C#C)n4)cc3S(=O)(=O)[O-])c(S(=O)(=O)[O-])c2)n1.[Na+].[Na+]. The number of aromatic nitrogens is 6. The van der Waals surface area contributed by atoms with Gasteiger partial charge in [0.2, 0.25) is 33.8 Å². The summed E-state index contributed by atoms with van der Waals surface area (Å²) in [7, 11) is -14.5. The smallest absolute Gasteiger partial charge is 0.744 e. The molecule has 2 heterocycles. The van der Waals surface area contributed by atoms with Gasteiger partial charge in [-0.15, -0.1) is 9.32 Å². The molecule has 0 saturated heterocycles. The van der Waals surface area contributed by atoms with E-state index in [-0.39, 0.29) is 122 Å². The monoisotopic (exact) mass is 1040 g/mol. The number of primary sulfonamides is 1. The number of anilines is 10. The normalized spacial score (nSPS) is 11.0. The van der Waals surface area contributed by atoms with Gasteiger partial charge in [0.15, 0.2) is 0 Å².